The van der Waals surface area contributed by atoms with Crippen LogP contribution in [0.3, 0.4) is 0 Å². The Labute approximate surface area is 118 Å². The molecule has 0 saturated heterocycles. The molecule has 0 aliphatic carbocycles. The van der Waals surface area contributed by atoms with E-state index in [9.17, 15) is 4.79 Å². The molecule has 9 heteroatoms. The lowest BCUT2D eigenvalue weighted by Gasteiger charge is -2.04. The van der Waals surface area contributed by atoms with Gasteiger partial charge in [0.05, 0.1) is 18.9 Å². The Hall–Kier alpha value is -3.23. The maximum atomic E-state index is 11.9. The molecular weight excluding hydrogens is 276 g/mol. The Kier molecular flexibility index (Phi) is 3.29. The Morgan fingerprint density at radius 1 is 1.33 bits per heavy atom. The lowest BCUT2D eigenvalue weighted by molar-refractivity contribution is 0.0987. The summed E-state index contributed by atoms with van der Waals surface area (Å²) in [7, 11) is 1.44. The lowest BCUT2D eigenvalue weighted by atomic mass is 10.2. The van der Waals surface area contributed by atoms with Gasteiger partial charge < -0.3 is 14.6 Å². The van der Waals surface area contributed by atoms with Crippen molar-refractivity contribution in [3.05, 3.63) is 42.4 Å². The molecule has 0 aliphatic rings. The standard InChI is InChI=1S/C12H10N6O3/c1-20-11-6-10(21-15-11)12(19)14-8-2-4-9(5-3-8)18-7-13-16-17-18/h2-7H,1H3,(H,14,19). The van der Waals surface area contributed by atoms with Crippen LogP contribution in [0.15, 0.2) is 41.2 Å². The van der Waals surface area contributed by atoms with Crippen molar-refractivity contribution in [3.8, 4) is 11.6 Å². The molecule has 2 heterocycles. The van der Waals surface area contributed by atoms with Gasteiger partial charge in [0.1, 0.15) is 6.33 Å². The third kappa shape index (κ3) is 2.71. The molecule has 0 unspecified atom stereocenters. The summed E-state index contributed by atoms with van der Waals surface area (Å²) < 4.78 is 11.2. The molecule has 0 spiro atoms. The first kappa shape index (κ1) is 12.8. The zero-order chi connectivity index (χ0) is 14.7. The molecule has 21 heavy (non-hydrogen) atoms. The van der Waals surface area contributed by atoms with Crippen LogP contribution < -0.4 is 10.1 Å². The maximum Gasteiger partial charge on any atom is 0.294 e. The summed E-state index contributed by atoms with van der Waals surface area (Å²) in [6.45, 7) is 0. The molecule has 3 rings (SSSR count). The Bertz CT molecular complexity index is 735. The first-order valence-corrected chi connectivity index (χ1v) is 5.92. The Balaban J connectivity index is 1.71. The highest BCUT2D eigenvalue weighted by atomic mass is 16.5. The summed E-state index contributed by atoms with van der Waals surface area (Å²) in [5.74, 6) is -0.105. The van der Waals surface area contributed by atoms with Gasteiger partial charge in [0.2, 0.25) is 5.76 Å². The van der Waals surface area contributed by atoms with Crippen LogP contribution in [-0.4, -0.2) is 38.4 Å². The fourth-order valence-electron chi connectivity index (χ4n) is 1.63. The average molecular weight is 286 g/mol. The zero-order valence-electron chi connectivity index (χ0n) is 10.9. The van der Waals surface area contributed by atoms with Crippen molar-refractivity contribution in [2.24, 2.45) is 0 Å². The number of benzene rings is 1. The number of anilines is 1. The van der Waals surface area contributed by atoms with Crippen LogP contribution in [0, 0.1) is 0 Å². The molecule has 1 N–H and O–H groups in total. The van der Waals surface area contributed by atoms with E-state index in [4.69, 9.17) is 9.26 Å². The SMILES string of the molecule is COc1cc(C(=O)Nc2ccc(-n3cnnn3)cc2)on1. The molecule has 0 fully saturated rings. The van der Waals surface area contributed by atoms with Crippen molar-refractivity contribution in [2.45, 2.75) is 0 Å². The van der Waals surface area contributed by atoms with Gasteiger partial charge in [0, 0.05) is 5.69 Å². The van der Waals surface area contributed by atoms with Gasteiger partial charge in [-0.3, -0.25) is 4.79 Å². The Morgan fingerprint density at radius 3 is 2.76 bits per heavy atom. The molecule has 1 amide bonds. The summed E-state index contributed by atoms with van der Waals surface area (Å²) in [6.07, 6.45) is 1.48. The van der Waals surface area contributed by atoms with Crippen molar-refractivity contribution in [1.29, 1.82) is 0 Å². The number of carbonyl (C=O) groups is 1. The van der Waals surface area contributed by atoms with E-state index in [2.05, 4.69) is 26.0 Å². The topological polar surface area (TPSA) is 108 Å². The fourth-order valence-corrected chi connectivity index (χ4v) is 1.63. The highest BCUT2D eigenvalue weighted by molar-refractivity contribution is 6.02. The molecule has 2 aromatic heterocycles. The molecule has 106 valence electrons. The van der Waals surface area contributed by atoms with Gasteiger partial charge in [-0.15, -0.1) is 5.10 Å². The van der Waals surface area contributed by atoms with E-state index in [0.717, 1.165) is 5.69 Å². The number of tetrazole rings is 1. The molecule has 0 aliphatic heterocycles. The molecule has 1 aromatic carbocycles. The van der Waals surface area contributed by atoms with Crippen LogP contribution in [0.5, 0.6) is 5.88 Å². The fraction of sp³-hybridized carbons (Fsp3) is 0.0833. The number of hydrogen-bond acceptors (Lipinski definition) is 7. The first-order valence-electron chi connectivity index (χ1n) is 5.92. The number of amides is 1. The van der Waals surface area contributed by atoms with Crippen LogP contribution in [-0.2, 0) is 0 Å². The number of hydrogen-bond donors (Lipinski definition) is 1. The smallest absolute Gasteiger partial charge is 0.294 e. The highest BCUT2D eigenvalue weighted by Crippen LogP contribution is 2.15. The minimum Gasteiger partial charge on any atom is -0.479 e. The van der Waals surface area contributed by atoms with Gasteiger partial charge in [-0.05, 0) is 39.8 Å². The number of rotatable bonds is 4. The molecule has 0 bridgehead atoms. The first-order chi connectivity index (χ1) is 10.3. The third-order valence-corrected chi connectivity index (χ3v) is 2.66. The predicted octanol–water partition coefficient (Wildman–Crippen LogP) is 0.911. The van der Waals surface area contributed by atoms with Gasteiger partial charge in [0.15, 0.2) is 0 Å². The number of nitrogens with zero attached hydrogens (tertiary/aromatic N) is 5. The minimum atomic E-state index is -0.416. The summed E-state index contributed by atoms with van der Waals surface area (Å²) in [5, 5.41) is 17.1. The second-order valence-corrected chi connectivity index (χ2v) is 3.99. The van der Waals surface area contributed by atoms with Crippen LogP contribution in [0.1, 0.15) is 10.6 Å². The quantitative estimate of drug-likeness (QED) is 0.759. The van der Waals surface area contributed by atoms with Gasteiger partial charge in [-0.25, -0.2) is 4.68 Å². The van der Waals surface area contributed by atoms with Gasteiger partial charge >= 0.3 is 0 Å². The van der Waals surface area contributed by atoms with E-state index in [0.29, 0.717) is 5.69 Å². The number of aromatic nitrogens is 5. The second-order valence-electron chi connectivity index (χ2n) is 3.99. The van der Waals surface area contributed by atoms with E-state index in [1.807, 2.05) is 0 Å². The monoisotopic (exact) mass is 286 g/mol. The third-order valence-electron chi connectivity index (χ3n) is 2.66. The van der Waals surface area contributed by atoms with Crippen LogP contribution in [0.2, 0.25) is 0 Å². The Morgan fingerprint density at radius 2 is 2.14 bits per heavy atom. The molecule has 9 nitrogen and oxygen atoms in total. The van der Waals surface area contributed by atoms with Crippen molar-refractivity contribution >= 4 is 11.6 Å². The van der Waals surface area contributed by atoms with Crippen LogP contribution in [0.25, 0.3) is 5.69 Å². The van der Waals surface area contributed by atoms with Gasteiger partial charge in [-0.2, -0.15) is 0 Å². The summed E-state index contributed by atoms with van der Waals surface area (Å²) in [6, 6.07) is 8.40. The van der Waals surface area contributed by atoms with Crippen molar-refractivity contribution in [1.82, 2.24) is 25.4 Å². The van der Waals surface area contributed by atoms with Crippen molar-refractivity contribution < 1.29 is 14.1 Å². The predicted molar refractivity (Wildman–Crippen MR) is 70.2 cm³/mol. The van der Waals surface area contributed by atoms with E-state index in [1.165, 1.54) is 24.2 Å². The van der Waals surface area contributed by atoms with Crippen molar-refractivity contribution in [2.75, 3.05) is 12.4 Å². The number of methoxy groups -OCH3 is 1. The zero-order valence-corrected chi connectivity index (χ0v) is 10.9. The van der Waals surface area contributed by atoms with Crippen LogP contribution in [0.4, 0.5) is 5.69 Å². The molecule has 3 aromatic rings. The van der Waals surface area contributed by atoms with E-state index < -0.39 is 5.91 Å². The van der Waals surface area contributed by atoms with Gasteiger partial charge in [-0.1, -0.05) is 0 Å². The summed E-state index contributed by atoms with van der Waals surface area (Å²) in [4.78, 5) is 11.9. The van der Waals surface area contributed by atoms with Crippen molar-refractivity contribution in [3.63, 3.8) is 0 Å². The second kappa shape index (κ2) is 5.41. The van der Waals surface area contributed by atoms with Gasteiger partial charge in [0.25, 0.3) is 11.8 Å². The van der Waals surface area contributed by atoms with E-state index >= 15 is 0 Å². The number of carbonyl (C=O) groups excluding carboxylic acids is 1. The lowest BCUT2D eigenvalue weighted by Crippen LogP contribution is -2.10. The number of ether oxygens (including phenoxy) is 1. The molecule has 0 saturated carbocycles. The molecular formula is C12H10N6O3. The summed E-state index contributed by atoms with van der Waals surface area (Å²) in [5.41, 5.74) is 1.38. The highest BCUT2D eigenvalue weighted by Gasteiger charge is 2.13. The normalized spacial score (nSPS) is 10.3. The summed E-state index contributed by atoms with van der Waals surface area (Å²) >= 11 is 0. The maximum absolute atomic E-state index is 11.9. The molecule has 0 atom stereocenters. The average Bonchev–Trinajstić information content (AvgIpc) is 3.19. The molecule has 0 radical (unpaired) electrons. The largest absolute Gasteiger partial charge is 0.479 e. The van der Waals surface area contributed by atoms with E-state index in [-0.39, 0.29) is 11.6 Å². The minimum absolute atomic E-state index is 0.0661. The van der Waals surface area contributed by atoms with Crippen LogP contribution >= 0.6 is 0 Å². The number of nitrogens with one attached hydrogen (secondary N) is 1. The van der Waals surface area contributed by atoms with E-state index in [1.54, 1.807) is 24.3 Å².